The van der Waals surface area contributed by atoms with Crippen molar-refractivity contribution in [3.8, 4) is 22.5 Å². The molecule has 22 heteroatoms. The van der Waals surface area contributed by atoms with Crippen LogP contribution in [0.5, 0.6) is 0 Å². The smallest absolute Gasteiger partial charge is 0.409 e. The number of pyridine rings is 2. The first-order chi connectivity index (χ1) is 35.1. The van der Waals surface area contributed by atoms with Gasteiger partial charge in [0.25, 0.3) is 0 Å². The van der Waals surface area contributed by atoms with Gasteiger partial charge in [0, 0.05) is 38.3 Å². The third kappa shape index (κ3) is 11.4. The molecule has 0 spiro atoms. The van der Waals surface area contributed by atoms with Crippen molar-refractivity contribution in [2.45, 2.75) is 64.1 Å². The lowest BCUT2D eigenvalue weighted by Crippen LogP contribution is -2.46. The number of rotatable bonds is 16. The van der Waals surface area contributed by atoms with Crippen LogP contribution in [0.1, 0.15) is 52.9 Å². The quantitative estimate of drug-likeness (QED) is 0.0355. The molecule has 2 aromatic carbocycles. The Labute approximate surface area is 415 Å². The number of aryl methyl sites for hydroxylation is 2. The molecule has 1 unspecified atom stereocenters. The second kappa shape index (κ2) is 22.4. The normalized spacial score (nSPS) is 16.4. The molecule has 4 aromatic heterocycles. The number of carbonyl (C=O) groups is 5. The number of esters is 2. The maximum Gasteiger partial charge on any atom is 0.409 e. The molecule has 386 valence electrons. The van der Waals surface area contributed by atoms with E-state index in [0.717, 1.165) is 29.8 Å². The summed E-state index contributed by atoms with van der Waals surface area (Å²) in [6, 6.07) is 10.6. The average Bonchev–Trinajstić information content (AvgIpc) is 3.87. The van der Waals surface area contributed by atoms with E-state index in [0.29, 0.717) is 29.1 Å². The zero-order chi connectivity index (χ0) is 52.1. The molecule has 2 aliphatic heterocycles. The first-order valence-corrected chi connectivity index (χ1v) is 23.5. The van der Waals surface area contributed by atoms with Crippen molar-refractivity contribution in [1.82, 2.24) is 28.6 Å². The van der Waals surface area contributed by atoms with Crippen LogP contribution in [0.15, 0.2) is 60.9 Å². The summed E-state index contributed by atoms with van der Waals surface area (Å²) in [4.78, 5) is 75.2. The first-order valence-electron chi connectivity index (χ1n) is 23.5. The summed E-state index contributed by atoms with van der Waals surface area (Å²) in [6.07, 6.45) is 1.06. The minimum atomic E-state index is -1.87. The molecule has 2 fully saturated rings. The molecule has 2 saturated heterocycles. The predicted octanol–water partition coefficient (Wildman–Crippen LogP) is 6.65. The molecule has 73 heavy (non-hydrogen) atoms. The fourth-order valence-corrected chi connectivity index (χ4v) is 9.23. The highest BCUT2D eigenvalue weighted by molar-refractivity contribution is 6.01. The molecule has 6 heterocycles. The number of halogens is 4. The Kier molecular flexibility index (Phi) is 15.9. The van der Waals surface area contributed by atoms with Crippen molar-refractivity contribution in [1.29, 1.82) is 0 Å². The minimum absolute atomic E-state index is 0.0432. The van der Waals surface area contributed by atoms with Crippen molar-refractivity contribution in [2.24, 2.45) is 0 Å². The van der Waals surface area contributed by atoms with Crippen LogP contribution in [0.4, 0.5) is 27.2 Å². The third-order valence-electron chi connectivity index (χ3n) is 12.6. The summed E-state index contributed by atoms with van der Waals surface area (Å²) in [7, 11) is 2.52. The highest BCUT2D eigenvalue weighted by Gasteiger charge is 2.36. The number of methoxy groups -OCH3 is 2. The van der Waals surface area contributed by atoms with Crippen molar-refractivity contribution in [3.63, 3.8) is 0 Å². The second-order valence-electron chi connectivity index (χ2n) is 17.6. The molecule has 0 saturated carbocycles. The molecule has 0 radical (unpaired) electrons. The first kappa shape index (κ1) is 51.8. The summed E-state index contributed by atoms with van der Waals surface area (Å²) in [5.74, 6) is -9.64. The Hall–Kier alpha value is -7.59. The molecule has 0 aliphatic carbocycles. The summed E-state index contributed by atoms with van der Waals surface area (Å²) < 4.78 is 100. The van der Waals surface area contributed by atoms with Crippen LogP contribution in [-0.4, -0.2) is 143 Å². The fraction of sp³-hybridized carbons (Fsp3) is 0.392. The van der Waals surface area contributed by atoms with Crippen molar-refractivity contribution in [2.75, 3.05) is 66.8 Å². The second-order valence-corrected chi connectivity index (χ2v) is 17.6. The van der Waals surface area contributed by atoms with E-state index < -0.39 is 89.0 Å². The molecule has 1 N–H and O–H groups in total. The van der Waals surface area contributed by atoms with Gasteiger partial charge in [-0.3, -0.25) is 14.4 Å². The Morgan fingerprint density at radius 1 is 0.712 bits per heavy atom. The summed E-state index contributed by atoms with van der Waals surface area (Å²) in [5, 5.41) is 9.23. The molecular formula is C51H52F4N6O12. The number of nitrogens with zero attached hydrogens (tertiary/aromatic N) is 6. The summed E-state index contributed by atoms with van der Waals surface area (Å²) in [5.41, 5.74) is 1.36. The number of imidazole rings is 2. The van der Waals surface area contributed by atoms with Gasteiger partial charge in [-0.05, 0) is 97.5 Å². The van der Waals surface area contributed by atoms with E-state index in [1.807, 2.05) is 6.92 Å². The van der Waals surface area contributed by atoms with Gasteiger partial charge in [-0.2, -0.15) is 0 Å². The van der Waals surface area contributed by atoms with Gasteiger partial charge in [0.15, 0.2) is 5.92 Å². The maximum atomic E-state index is 16.5. The highest BCUT2D eigenvalue weighted by Crippen LogP contribution is 2.36. The lowest BCUT2D eigenvalue weighted by atomic mass is 9.95. The molecular weight excluding hydrogens is 965 g/mol. The number of fused-ring (bicyclic) bond motifs is 2. The largest absolute Gasteiger partial charge is 0.481 e. The highest BCUT2D eigenvalue weighted by atomic mass is 19.1. The SMILES string of the molecule is CCOC(=O)C(C(=O)OCCCc1ccn2c(C[C@H]3CN(C(=O)OC)CCO3)c(-c3c(F)cc(CC(=O)O)cc3F)nc2c1)c1cc(F)c(-c2nc3cc(C)ccn3c2C[C@H]2CN(C(=O)OC)CCO2)c(F)c1. The van der Waals surface area contributed by atoms with E-state index in [4.69, 9.17) is 28.4 Å². The zero-order valence-corrected chi connectivity index (χ0v) is 40.3. The van der Waals surface area contributed by atoms with E-state index >= 15 is 17.6 Å². The third-order valence-corrected chi connectivity index (χ3v) is 12.6. The minimum Gasteiger partial charge on any atom is -0.481 e. The number of morpholine rings is 2. The summed E-state index contributed by atoms with van der Waals surface area (Å²) in [6.45, 7) is 4.17. The number of amides is 2. The van der Waals surface area contributed by atoms with E-state index in [2.05, 4.69) is 9.97 Å². The van der Waals surface area contributed by atoms with Crippen LogP contribution in [0, 0.1) is 30.2 Å². The number of aliphatic carboxylic acids is 1. The molecule has 2 aliphatic rings. The van der Waals surface area contributed by atoms with Gasteiger partial charge in [0.1, 0.15) is 34.6 Å². The van der Waals surface area contributed by atoms with E-state index in [1.54, 1.807) is 45.5 Å². The van der Waals surface area contributed by atoms with Crippen molar-refractivity contribution >= 4 is 41.4 Å². The van der Waals surface area contributed by atoms with Crippen LogP contribution in [0.2, 0.25) is 0 Å². The van der Waals surface area contributed by atoms with Crippen LogP contribution in [0.25, 0.3) is 33.8 Å². The lowest BCUT2D eigenvalue weighted by Gasteiger charge is -2.32. The lowest BCUT2D eigenvalue weighted by molar-refractivity contribution is -0.157. The summed E-state index contributed by atoms with van der Waals surface area (Å²) >= 11 is 0. The van der Waals surface area contributed by atoms with Gasteiger partial charge in [-0.25, -0.2) is 37.1 Å². The van der Waals surface area contributed by atoms with Crippen molar-refractivity contribution < 1.29 is 75.1 Å². The number of ether oxygens (including phenoxy) is 6. The predicted molar refractivity (Wildman–Crippen MR) is 251 cm³/mol. The number of aromatic nitrogens is 4. The number of carbonyl (C=O) groups excluding carboxylic acids is 4. The van der Waals surface area contributed by atoms with E-state index in [1.165, 1.54) is 30.9 Å². The average molecular weight is 1020 g/mol. The molecule has 0 bridgehead atoms. The molecule has 2 amide bonds. The Morgan fingerprint density at radius 2 is 1.22 bits per heavy atom. The Bertz CT molecular complexity index is 3040. The standard InChI is InChI=1S/C51H52F4N6O12/c1-5-70-48(64)43(31-22-36(54)45(37(55)23-31)47-38(60-10-8-28(2)17-40(60)56-47)24-32-26-58(12-15-71-32)50(66)68-3)49(65)73-14-6-7-29-9-11-61-39(25-33-27-59(13-16-72-33)51(67)69-4)46(57-41(61)20-29)44-34(52)18-30(19-35(44)53)21-42(62)63/h8-11,17-20,22-23,32-33,43H,5-7,12-16,21,24-27H2,1-4H3,(H,62,63)/t32-,33-,43?/m0/s1. The van der Waals surface area contributed by atoms with Gasteiger partial charge in [0.2, 0.25) is 0 Å². The number of benzene rings is 2. The van der Waals surface area contributed by atoms with Crippen molar-refractivity contribution in [3.05, 3.63) is 118 Å². The molecule has 8 rings (SSSR count). The molecule has 6 aromatic rings. The number of carboxylic acid groups (broad SMARTS) is 1. The monoisotopic (exact) mass is 1020 g/mol. The van der Waals surface area contributed by atoms with Gasteiger partial charge in [-0.1, -0.05) is 0 Å². The molecule has 18 nitrogen and oxygen atoms in total. The zero-order valence-electron chi connectivity index (χ0n) is 40.3. The van der Waals surface area contributed by atoms with Gasteiger partial charge in [0.05, 0.1) is 106 Å². The topological polar surface area (TPSA) is 202 Å². The Balaban J connectivity index is 1.01. The van der Waals surface area contributed by atoms with E-state index in [9.17, 15) is 29.1 Å². The number of hydrogen-bond donors (Lipinski definition) is 1. The molecule has 3 atom stereocenters. The number of hydrogen-bond acceptors (Lipinski definition) is 13. The van der Waals surface area contributed by atoms with Gasteiger partial charge < -0.3 is 52.1 Å². The number of carboxylic acids is 1. The fourth-order valence-electron chi connectivity index (χ4n) is 9.23. The maximum absolute atomic E-state index is 16.5. The van der Waals surface area contributed by atoms with Gasteiger partial charge in [-0.15, -0.1) is 0 Å². The van der Waals surface area contributed by atoms with E-state index in [-0.39, 0.29) is 99.9 Å². The van der Waals surface area contributed by atoms with Crippen LogP contribution >= 0.6 is 0 Å². The van der Waals surface area contributed by atoms with Gasteiger partial charge >= 0.3 is 30.1 Å². The van der Waals surface area contributed by atoms with Crippen LogP contribution in [0.3, 0.4) is 0 Å². The Morgan fingerprint density at radius 3 is 1.74 bits per heavy atom. The van der Waals surface area contributed by atoms with Crippen LogP contribution < -0.4 is 0 Å². The van der Waals surface area contributed by atoms with Crippen LogP contribution in [-0.2, 0) is 68.5 Å².